The number of hydrogen-bond acceptors (Lipinski definition) is 2. The van der Waals surface area contributed by atoms with E-state index in [2.05, 4.69) is 0 Å². The fraction of sp³-hybridized carbons (Fsp3) is 0.500. The van der Waals surface area contributed by atoms with E-state index >= 15 is 0 Å². The maximum atomic E-state index is 13.6. The third-order valence-electron chi connectivity index (χ3n) is 3.43. The Kier molecular flexibility index (Phi) is 5.47. The van der Waals surface area contributed by atoms with Crippen molar-refractivity contribution in [1.82, 2.24) is 4.90 Å². The molecule has 0 unspecified atom stereocenters. The van der Waals surface area contributed by atoms with Gasteiger partial charge in [-0.15, -0.1) is 11.6 Å². The van der Waals surface area contributed by atoms with Crippen molar-refractivity contribution in [2.24, 2.45) is 0 Å². The van der Waals surface area contributed by atoms with Crippen LogP contribution in [0.15, 0.2) is 12.1 Å². The van der Waals surface area contributed by atoms with Crippen LogP contribution in [-0.2, 0) is 4.74 Å². The third-order valence-corrected chi connectivity index (χ3v) is 3.58. The van der Waals surface area contributed by atoms with Crippen molar-refractivity contribution in [2.75, 3.05) is 25.6 Å². The maximum absolute atomic E-state index is 13.6. The number of hydrogen-bond donors (Lipinski definition) is 0. The first-order valence-electron chi connectivity index (χ1n) is 6.65. The zero-order valence-electron chi connectivity index (χ0n) is 11.3. The lowest BCUT2D eigenvalue weighted by molar-refractivity contribution is 0.0152. The largest absolute Gasteiger partial charge is 0.377 e. The van der Waals surface area contributed by atoms with E-state index in [4.69, 9.17) is 16.3 Å². The summed E-state index contributed by atoms with van der Waals surface area (Å²) in [6.45, 7) is 1.20. The minimum absolute atomic E-state index is 0.0163. The van der Waals surface area contributed by atoms with Crippen molar-refractivity contribution < 1.29 is 22.7 Å². The molecule has 1 aromatic carbocycles. The summed E-state index contributed by atoms with van der Waals surface area (Å²) in [5.41, 5.74) is -0.450. The van der Waals surface area contributed by atoms with Gasteiger partial charge in [0.15, 0.2) is 17.5 Å². The van der Waals surface area contributed by atoms with E-state index in [1.807, 2.05) is 0 Å². The number of ether oxygens (including phenoxy) is 1. The number of piperidine rings is 1. The van der Waals surface area contributed by atoms with Gasteiger partial charge in [0, 0.05) is 19.0 Å². The molecule has 1 fully saturated rings. The van der Waals surface area contributed by atoms with Gasteiger partial charge in [-0.3, -0.25) is 4.79 Å². The maximum Gasteiger partial charge on any atom is 0.256 e. The van der Waals surface area contributed by atoms with Gasteiger partial charge >= 0.3 is 0 Å². The molecule has 116 valence electrons. The quantitative estimate of drug-likeness (QED) is 0.630. The van der Waals surface area contributed by atoms with Gasteiger partial charge in [-0.1, -0.05) is 0 Å². The first kappa shape index (κ1) is 16.1. The minimum atomic E-state index is -1.62. The molecular weight excluding hydrogens is 307 g/mol. The Morgan fingerprint density at radius 3 is 2.52 bits per heavy atom. The van der Waals surface area contributed by atoms with Crippen molar-refractivity contribution in [2.45, 2.75) is 18.9 Å². The number of amides is 1. The Bertz CT molecular complexity index is 519. The molecular formula is C14H15ClF3NO2. The smallest absolute Gasteiger partial charge is 0.256 e. The first-order valence-corrected chi connectivity index (χ1v) is 7.18. The Morgan fingerprint density at radius 2 is 1.90 bits per heavy atom. The minimum Gasteiger partial charge on any atom is -0.377 e. The van der Waals surface area contributed by atoms with Crippen molar-refractivity contribution in [3.8, 4) is 0 Å². The summed E-state index contributed by atoms with van der Waals surface area (Å²) in [7, 11) is 0. The molecule has 0 aromatic heterocycles. The van der Waals surface area contributed by atoms with E-state index in [1.54, 1.807) is 0 Å². The van der Waals surface area contributed by atoms with Gasteiger partial charge < -0.3 is 9.64 Å². The zero-order chi connectivity index (χ0) is 15.4. The molecule has 1 saturated heterocycles. The first-order chi connectivity index (χ1) is 10.0. The second-order valence-electron chi connectivity index (χ2n) is 4.77. The SMILES string of the molecule is O=C(c1ccc(F)c(F)c1F)N1CCC(OCCCl)CC1. The van der Waals surface area contributed by atoms with Crippen LogP contribution in [0.2, 0.25) is 0 Å². The molecule has 1 aromatic rings. The van der Waals surface area contributed by atoms with Crippen LogP contribution >= 0.6 is 11.6 Å². The van der Waals surface area contributed by atoms with Crippen LogP contribution in [0.3, 0.4) is 0 Å². The lowest BCUT2D eigenvalue weighted by atomic mass is 10.1. The number of rotatable bonds is 4. The second-order valence-corrected chi connectivity index (χ2v) is 5.15. The number of carbonyl (C=O) groups is 1. The zero-order valence-corrected chi connectivity index (χ0v) is 12.0. The number of alkyl halides is 1. The van der Waals surface area contributed by atoms with Gasteiger partial charge in [0.05, 0.1) is 18.3 Å². The molecule has 0 N–H and O–H groups in total. The Labute approximate surface area is 125 Å². The van der Waals surface area contributed by atoms with Gasteiger partial charge in [0.25, 0.3) is 5.91 Å². The highest BCUT2D eigenvalue weighted by atomic mass is 35.5. The number of likely N-dealkylation sites (tertiary alicyclic amines) is 1. The normalized spacial score (nSPS) is 16.3. The summed E-state index contributed by atoms with van der Waals surface area (Å²) in [4.78, 5) is 13.6. The van der Waals surface area contributed by atoms with Crippen LogP contribution in [0.25, 0.3) is 0 Å². The second kappa shape index (κ2) is 7.13. The Hall–Kier alpha value is -1.27. The molecule has 3 nitrogen and oxygen atoms in total. The summed E-state index contributed by atoms with van der Waals surface area (Å²) >= 11 is 5.53. The highest BCUT2D eigenvalue weighted by molar-refractivity contribution is 6.17. The van der Waals surface area contributed by atoms with E-state index in [0.29, 0.717) is 38.4 Å². The van der Waals surface area contributed by atoms with E-state index in [1.165, 1.54) is 4.90 Å². The van der Waals surface area contributed by atoms with E-state index < -0.39 is 28.9 Å². The predicted molar refractivity (Wildman–Crippen MR) is 71.9 cm³/mol. The fourth-order valence-corrected chi connectivity index (χ4v) is 2.39. The van der Waals surface area contributed by atoms with Crippen molar-refractivity contribution >= 4 is 17.5 Å². The highest BCUT2D eigenvalue weighted by Crippen LogP contribution is 2.20. The molecule has 0 atom stereocenters. The van der Waals surface area contributed by atoms with E-state index in [-0.39, 0.29) is 6.10 Å². The molecule has 0 spiro atoms. The van der Waals surface area contributed by atoms with Gasteiger partial charge in [0.1, 0.15) is 0 Å². The average Bonchev–Trinajstić information content (AvgIpc) is 2.51. The number of benzene rings is 1. The van der Waals surface area contributed by atoms with Gasteiger partial charge in [0.2, 0.25) is 0 Å². The molecule has 0 radical (unpaired) electrons. The highest BCUT2D eigenvalue weighted by Gasteiger charge is 2.27. The lowest BCUT2D eigenvalue weighted by Crippen LogP contribution is -2.41. The molecule has 1 aliphatic heterocycles. The molecule has 21 heavy (non-hydrogen) atoms. The summed E-state index contributed by atoms with van der Waals surface area (Å²) in [5.74, 6) is -4.61. The number of halogens is 4. The van der Waals surface area contributed by atoms with E-state index in [0.717, 1.165) is 12.1 Å². The lowest BCUT2D eigenvalue weighted by Gasteiger charge is -2.32. The molecule has 1 heterocycles. The summed E-state index contributed by atoms with van der Waals surface area (Å²) in [6.07, 6.45) is 1.23. The molecule has 1 aliphatic rings. The molecule has 2 rings (SSSR count). The summed E-state index contributed by atoms with van der Waals surface area (Å²) in [6, 6.07) is 1.72. The van der Waals surface area contributed by atoms with Crippen LogP contribution in [0, 0.1) is 17.5 Å². The van der Waals surface area contributed by atoms with E-state index in [9.17, 15) is 18.0 Å². The Morgan fingerprint density at radius 1 is 1.24 bits per heavy atom. The van der Waals surface area contributed by atoms with Crippen LogP contribution in [0.5, 0.6) is 0 Å². The fourth-order valence-electron chi connectivity index (χ4n) is 2.30. The molecule has 0 saturated carbocycles. The van der Waals surface area contributed by atoms with Gasteiger partial charge in [-0.2, -0.15) is 0 Å². The number of nitrogens with zero attached hydrogens (tertiary/aromatic N) is 1. The average molecular weight is 322 g/mol. The van der Waals surface area contributed by atoms with Crippen LogP contribution in [0.4, 0.5) is 13.2 Å². The van der Waals surface area contributed by atoms with Crippen molar-refractivity contribution in [1.29, 1.82) is 0 Å². The molecule has 7 heteroatoms. The van der Waals surface area contributed by atoms with Crippen LogP contribution in [0.1, 0.15) is 23.2 Å². The van der Waals surface area contributed by atoms with Crippen molar-refractivity contribution in [3.63, 3.8) is 0 Å². The standard InChI is InChI=1S/C14H15ClF3NO2/c15-5-8-21-9-3-6-19(7-4-9)14(20)10-1-2-11(16)13(18)12(10)17/h1-2,9H,3-8H2. The molecule has 0 bridgehead atoms. The van der Waals surface area contributed by atoms with Gasteiger partial charge in [-0.05, 0) is 25.0 Å². The molecule has 0 aliphatic carbocycles. The third kappa shape index (κ3) is 3.68. The van der Waals surface area contributed by atoms with Gasteiger partial charge in [-0.25, -0.2) is 13.2 Å². The topological polar surface area (TPSA) is 29.5 Å². The monoisotopic (exact) mass is 321 g/mol. The number of carbonyl (C=O) groups excluding carboxylic acids is 1. The Balaban J connectivity index is 2.01. The van der Waals surface area contributed by atoms with Crippen LogP contribution in [-0.4, -0.2) is 42.5 Å². The predicted octanol–water partition coefficient (Wildman–Crippen LogP) is 2.96. The van der Waals surface area contributed by atoms with Crippen LogP contribution < -0.4 is 0 Å². The summed E-state index contributed by atoms with van der Waals surface area (Å²) in [5, 5.41) is 0. The van der Waals surface area contributed by atoms with Crippen molar-refractivity contribution in [3.05, 3.63) is 35.1 Å². The molecule has 1 amide bonds. The summed E-state index contributed by atoms with van der Waals surface area (Å²) < 4.78 is 45.1.